The fourth-order valence-corrected chi connectivity index (χ4v) is 3.64. The van der Waals surface area contributed by atoms with Gasteiger partial charge in [-0.05, 0) is 50.9 Å². The maximum Gasteiger partial charge on any atom is 0.191 e. The topological polar surface area (TPSA) is 50.9 Å². The van der Waals surface area contributed by atoms with Gasteiger partial charge in [0.15, 0.2) is 5.96 Å². The van der Waals surface area contributed by atoms with Crippen molar-refractivity contribution in [1.82, 2.24) is 4.90 Å². The minimum absolute atomic E-state index is 0.385. The summed E-state index contributed by atoms with van der Waals surface area (Å²) in [6.45, 7) is 8.15. The van der Waals surface area contributed by atoms with Crippen molar-refractivity contribution in [2.24, 2.45) is 22.6 Å². The average Bonchev–Trinajstić information content (AvgIpc) is 3.01. The summed E-state index contributed by atoms with van der Waals surface area (Å²) in [5, 5.41) is 0. The van der Waals surface area contributed by atoms with E-state index in [1.165, 1.54) is 38.5 Å². The number of ether oxygens (including phenoxy) is 1. The molecule has 2 aliphatic rings. The van der Waals surface area contributed by atoms with Gasteiger partial charge in [0.25, 0.3) is 0 Å². The lowest BCUT2D eigenvalue weighted by atomic mass is 9.98. The van der Waals surface area contributed by atoms with Gasteiger partial charge >= 0.3 is 0 Å². The summed E-state index contributed by atoms with van der Waals surface area (Å²) in [5.41, 5.74) is 6.14. The van der Waals surface area contributed by atoms with E-state index in [1.807, 2.05) is 0 Å². The summed E-state index contributed by atoms with van der Waals surface area (Å²) < 4.78 is 5.94. The predicted octanol–water partition coefficient (Wildman–Crippen LogP) is 3.02. The van der Waals surface area contributed by atoms with Crippen molar-refractivity contribution in [1.29, 1.82) is 0 Å². The number of guanidine groups is 1. The van der Waals surface area contributed by atoms with Crippen molar-refractivity contribution >= 4 is 5.96 Å². The highest BCUT2D eigenvalue weighted by Gasteiger charge is 2.25. The molecule has 1 saturated carbocycles. The molecule has 1 aliphatic carbocycles. The number of nitrogens with zero attached hydrogens (tertiary/aromatic N) is 2. The summed E-state index contributed by atoms with van der Waals surface area (Å²) in [6.07, 6.45) is 9.26. The highest BCUT2D eigenvalue weighted by Crippen LogP contribution is 2.30. The first kappa shape index (κ1) is 16.6. The lowest BCUT2D eigenvalue weighted by Crippen LogP contribution is -2.42. The summed E-state index contributed by atoms with van der Waals surface area (Å²) in [4.78, 5) is 6.85. The maximum atomic E-state index is 6.14. The quantitative estimate of drug-likeness (QED) is 0.605. The van der Waals surface area contributed by atoms with Gasteiger partial charge in [-0.3, -0.25) is 4.99 Å². The number of hydrogen-bond donors (Lipinski definition) is 1. The predicted molar refractivity (Wildman–Crippen MR) is 88.4 cm³/mol. The number of piperidine rings is 1. The number of likely N-dealkylation sites (tertiary alicyclic amines) is 1. The molecule has 1 saturated heterocycles. The van der Waals surface area contributed by atoms with E-state index < -0.39 is 0 Å². The van der Waals surface area contributed by atoms with Crippen molar-refractivity contribution in [3.05, 3.63) is 0 Å². The molecular weight excluding hydrogens is 262 g/mol. The Labute approximate surface area is 130 Å². The first-order valence-electron chi connectivity index (χ1n) is 8.87. The zero-order valence-electron chi connectivity index (χ0n) is 13.9. The Kier molecular flexibility index (Phi) is 6.81. The van der Waals surface area contributed by atoms with Gasteiger partial charge in [-0.15, -0.1) is 0 Å². The summed E-state index contributed by atoms with van der Waals surface area (Å²) >= 11 is 0. The van der Waals surface area contributed by atoms with Crippen LogP contribution in [0.3, 0.4) is 0 Å². The molecule has 0 aromatic carbocycles. The fraction of sp³-hybridized carbons (Fsp3) is 0.941. The lowest BCUT2D eigenvalue weighted by Gasteiger charge is -2.31. The second-order valence-corrected chi connectivity index (χ2v) is 6.74. The van der Waals surface area contributed by atoms with Crippen LogP contribution in [0.15, 0.2) is 4.99 Å². The van der Waals surface area contributed by atoms with E-state index in [2.05, 4.69) is 23.7 Å². The van der Waals surface area contributed by atoms with Crippen molar-refractivity contribution in [3.8, 4) is 0 Å². The summed E-state index contributed by atoms with van der Waals surface area (Å²) in [6, 6.07) is 0. The summed E-state index contributed by atoms with van der Waals surface area (Å²) in [7, 11) is 0. The molecule has 0 aromatic rings. The molecule has 4 heteroatoms. The number of rotatable bonds is 6. The maximum absolute atomic E-state index is 6.14. The molecule has 2 N–H and O–H groups in total. The SMILES string of the molecule is CCOC(CCN=C(N)N1CCC(C)CC1)C1CCCC1. The standard InChI is InChI=1S/C17H33N3O/c1-3-21-16(15-6-4-5-7-15)8-11-19-17(18)20-12-9-14(2)10-13-20/h14-16H,3-13H2,1-2H3,(H2,18,19). The molecule has 1 unspecified atom stereocenters. The molecule has 0 aromatic heterocycles. The third-order valence-corrected chi connectivity index (χ3v) is 5.10. The van der Waals surface area contributed by atoms with Crippen molar-refractivity contribution in [2.75, 3.05) is 26.2 Å². The van der Waals surface area contributed by atoms with Gasteiger partial charge in [0.05, 0.1) is 6.10 Å². The van der Waals surface area contributed by atoms with Crippen LogP contribution in [0.25, 0.3) is 0 Å². The van der Waals surface area contributed by atoms with E-state index in [4.69, 9.17) is 10.5 Å². The Morgan fingerprint density at radius 3 is 2.52 bits per heavy atom. The molecule has 2 rings (SSSR count). The Morgan fingerprint density at radius 2 is 1.90 bits per heavy atom. The first-order valence-corrected chi connectivity index (χ1v) is 8.87. The van der Waals surface area contributed by atoms with Crippen molar-refractivity contribution in [3.63, 3.8) is 0 Å². The van der Waals surface area contributed by atoms with Crippen molar-refractivity contribution in [2.45, 2.75) is 64.9 Å². The third kappa shape index (κ3) is 5.17. The van der Waals surface area contributed by atoms with Crippen LogP contribution < -0.4 is 5.73 Å². The molecule has 0 bridgehead atoms. The number of nitrogens with two attached hydrogens (primary N) is 1. The monoisotopic (exact) mass is 295 g/mol. The number of aliphatic imine (C=N–C) groups is 1. The van der Waals surface area contributed by atoms with Crippen LogP contribution in [0.2, 0.25) is 0 Å². The van der Waals surface area contributed by atoms with E-state index in [1.54, 1.807) is 0 Å². The summed E-state index contributed by atoms with van der Waals surface area (Å²) in [5.74, 6) is 2.32. The van der Waals surface area contributed by atoms with Crippen LogP contribution in [0, 0.1) is 11.8 Å². The van der Waals surface area contributed by atoms with Gasteiger partial charge in [0, 0.05) is 26.2 Å². The molecule has 0 radical (unpaired) electrons. The molecule has 122 valence electrons. The Morgan fingerprint density at radius 1 is 1.24 bits per heavy atom. The largest absolute Gasteiger partial charge is 0.378 e. The van der Waals surface area contributed by atoms with E-state index in [0.29, 0.717) is 6.10 Å². The number of hydrogen-bond acceptors (Lipinski definition) is 2. The molecule has 1 atom stereocenters. The van der Waals surface area contributed by atoms with Crippen LogP contribution in [0.5, 0.6) is 0 Å². The molecule has 1 aliphatic heterocycles. The molecular formula is C17H33N3O. The van der Waals surface area contributed by atoms with Crippen LogP contribution in [-0.2, 0) is 4.74 Å². The van der Waals surface area contributed by atoms with Crippen LogP contribution >= 0.6 is 0 Å². The molecule has 21 heavy (non-hydrogen) atoms. The zero-order chi connectivity index (χ0) is 15.1. The van der Waals surface area contributed by atoms with Gasteiger partial charge in [-0.25, -0.2) is 0 Å². The first-order chi connectivity index (χ1) is 10.2. The smallest absolute Gasteiger partial charge is 0.191 e. The second-order valence-electron chi connectivity index (χ2n) is 6.74. The van der Waals surface area contributed by atoms with Gasteiger partial charge in [-0.2, -0.15) is 0 Å². The molecule has 0 spiro atoms. The highest BCUT2D eigenvalue weighted by molar-refractivity contribution is 5.78. The van der Waals surface area contributed by atoms with E-state index in [0.717, 1.165) is 50.5 Å². The normalized spacial score (nSPS) is 23.7. The molecule has 4 nitrogen and oxygen atoms in total. The van der Waals surface area contributed by atoms with Crippen LogP contribution in [-0.4, -0.2) is 43.2 Å². The van der Waals surface area contributed by atoms with Gasteiger partial charge in [-0.1, -0.05) is 19.8 Å². The van der Waals surface area contributed by atoms with Gasteiger partial charge in [0.1, 0.15) is 0 Å². The van der Waals surface area contributed by atoms with Crippen molar-refractivity contribution < 1.29 is 4.74 Å². The van der Waals surface area contributed by atoms with Gasteiger partial charge in [0.2, 0.25) is 0 Å². The fourth-order valence-electron chi connectivity index (χ4n) is 3.64. The molecule has 1 heterocycles. The van der Waals surface area contributed by atoms with Gasteiger partial charge < -0.3 is 15.4 Å². The van der Waals surface area contributed by atoms with Crippen LogP contribution in [0.4, 0.5) is 0 Å². The average molecular weight is 295 g/mol. The van der Waals surface area contributed by atoms with Crippen LogP contribution in [0.1, 0.15) is 58.8 Å². The Bertz CT molecular complexity index is 318. The molecule has 0 amide bonds. The third-order valence-electron chi connectivity index (χ3n) is 5.10. The highest BCUT2D eigenvalue weighted by atomic mass is 16.5. The molecule has 2 fully saturated rings. The minimum Gasteiger partial charge on any atom is -0.378 e. The Balaban J connectivity index is 1.75. The second kappa shape index (κ2) is 8.62. The lowest BCUT2D eigenvalue weighted by molar-refractivity contribution is 0.0177. The van der Waals surface area contributed by atoms with E-state index >= 15 is 0 Å². The minimum atomic E-state index is 0.385. The Hall–Kier alpha value is -0.770. The van der Waals surface area contributed by atoms with E-state index in [9.17, 15) is 0 Å². The van der Waals surface area contributed by atoms with E-state index in [-0.39, 0.29) is 0 Å². The zero-order valence-corrected chi connectivity index (χ0v) is 13.9.